The first kappa shape index (κ1) is 34.0. The zero-order valence-corrected chi connectivity index (χ0v) is 24.3. The molecule has 0 aliphatic heterocycles. The Labute approximate surface area is 249 Å². The number of benzene rings is 2. The maximum absolute atomic E-state index is 13.1. The Morgan fingerprint density at radius 3 is 2.26 bits per heavy atom. The molecule has 0 fully saturated rings. The molecule has 2 aromatic rings. The summed E-state index contributed by atoms with van der Waals surface area (Å²) in [6.45, 7) is 5.98. The molecule has 2 aromatic carbocycles. The number of aliphatic carboxylic acids is 1. The van der Waals surface area contributed by atoms with E-state index in [1.165, 1.54) is 48.5 Å². The number of rotatable bonds is 14. The number of aromatic carboxylic acids is 1. The van der Waals surface area contributed by atoms with Crippen molar-refractivity contribution in [1.82, 2.24) is 16.0 Å². The maximum Gasteiger partial charge on any atom is 0.395 e. The minimum Gasteiger partial charge on any atom is -0.478 e. The molecule has 43 heavy (non-hydrogen) atoms. The number of carboxylic acids is 2. The number of nitrogens with one attached hydrogen (secondary N) is 3. The van der Waals surface area contributed by atoms with Crippen molar-refractivity contribution in [3.63, 3.8) is 0 Å². The van der Waals surface area contributed by atoms with Crippen LogP contribution in [0.2, 0.25) is 0 Å². The van der Waals surface area contributed by atoms with E-state index in [0.29, 0.717) is 17.0 Å². The van der Waals surface area contributed by atoms with Crippen molar-refractivity contribution in [2.24, 2.45) is 5.73 Å². The standard InChI is InChI=1S/C30H37N5O8/c1-4-5-8-15-32-26(37)22(34-30(43)33-18(2)3)17-19-11-13-23(20(16-19)12-14-25(31)36)35(27(38)29(41)42)24-10-7-6-9-21(24)28(39)40/h6-7,9-14,16,18,22H,4-5,8,15,17H2,1-3H3,(H2,31,36)(H,32,37)(H,39,40)(H,41,42)(H2,33,34,43)/b14-12+/t22-/m1/s1. The molecule has 0 saturated heterocycles. The van der Waals surface area contributed by atoms with Crippen molar-refractivity contribution < 1.29 is 39.0 Å². The van der Waals surface area contributed by atoms with Crippen LogP contribution in [0.1, 0.15) is 61.5 Å². The molecule has 0 aliphatic carbocycles. The summed E-state index contributed by atoms with van der Waals surface area (Å²) >= 11 is 0. The normalized spacial score (nSPS) is 11.5. The maximum atomic E-state index is 13.1. The molecule has 0 radical (unpaired) electrons. The topological polar surface area (TPSA) is 208 Å². The summed E-state index contributed by atoms with van der Waals surface area (Å²) in [5.74, 6) is -5.97. The van der Waals surface area contributed by atoms with Gasteiger partial charge in [0.15, 0.2) is 0 Å². The minimum absolute atomic E-state index is 0.0125. The van der Waals surface area contributed by atoms with Crippen molar-refractivity contribution in [2.75, 3.05) is 11.4 Å². The fraction of sp³-hybridized carbons (Fsp3) is 0.333. The van der Waals surface area contributed by atoms with Gasteiger partial charge in [0, 0.05) is 25.1 Å². The van der Waals surface area contributed by atoms with Gasteiger partial charge in [-0.05, 0) is 61.7 Å². The van der Waals surface area contributed by atoms with Crippen LogP contribution in [0.25, 0.3) is 6.08 Å². The first-order valence-corrected chi connectivity index (χ1v) is 13.7. The summed E-state index contributed by atoms with van der Waals surface area (Å²) < 4.78 is 0. The van der Waals surface area contributed by atoms with E-state index < -0.39 is 41.7 Å². The lowest BCUT2D eigenvalue weighted by molar-refractivity contribution is -0.148. The van der Waals surface area contributed by atoms with Gasteiger partial charge in [-0.25, -0.2) is 14.4 Å². The number of hydrogen-bond acceptors (Lipinski definition) is 6. The quantitative estimate of drug-likeness (QED) is 0.108. The van der Waals surface area contributed by atoms with Crippen LogP contribution in [0.4, 0.5) is 16.2 Å². The fourth-order valence-corrected chi connectivity index (χ4v) is 4.15. The van der Waals surface area contributed by atoms with Crippen LogP contribution in [-0.2, 0) is 25.6 Å². The molecule has 0 spiro atoms. The number of primary amides is 1. The Hall–Kier alpha value is -5.20. The SMILES string of the molecule is CCCCCNC(=O)[C@@H](Cc1ccc(N(C(=O)C(=O)O)c2ccccc2C(=O)O)c(/C=C/C(N)=O)c1)NC(=O)NC(C)C. The third-order valence-electron chi connectivity index (χ3n) is 6.08. The van der Waals surface area contributed by atoms with Gasteiger partial charge >= 0.3 is 23.9 Å². The molecule has 230 valence electrons. The highest BCUT2D eigenvalue weighted by atomic mass is 16.4. The second-order valence-electron chi connectivity index (χ2n) is 9.92. The molecule has 2 rings (SSSR count). The second kappa shape index (κ2) is 16.3. The van der Waals surface area contributed by atoms with Crippen LogP contribution in [0.15, 0.2) is 48.5 Å². The molecule has 1 atom stereocenters. The predicted molar refractivity (Wildman–Crippen MR) is 160 cm³/mol. The molecule has 13 heteroatoms. The predicted octanol–water partition coefficient (Wildman–Crippen LogP) is 2.56. The van der Waals surface area contributed by atoms with Crippen molar-refractivity contribution >= 4 is 53.1 Å². The Morgan fingerprint density at radius 2 is 1.65 bits per heavy atom. The number of nitrogens with two attached hydrogens (primary N) is 1. The molecular formula is C30H37N5O8. The number of anilines is 2. The zero-order valence-electron chi connectivity index (χ0n) is 24.3. The number of hydrogen-bond donors (Lipinski definition) is 6. The number of unbranched alkanes of at least 4 members (excludes halogenated alkanes) is 2. The lowest BCUT2D eigenvalue weighted by Crippen LogP contribution is -2.52. The largest absolute Gasteiger partial charge is 0.478 e. The number of carbonyl (C=O) groups is 6. The number of nitrogens with zero attached hydrogens (tertiary/aromatic N) is 1. The van der Waals surface area contributed by atoms with Crippen LogP contribution < -0.4 is 26.6 Å². The van der Waals surface area contributed by atoms with Gasteiger partial charge in [-0.2, -0.15) is 0 Å². The Morgan fingerprint density at radius 1 is 0.953 bits per heavy atom. The second-order valence-corrected chi connectivity index (χ2v) is 9.92. The van der Waals surface area contributed by atoms with E-state index in [2.05, 4.69) is 16.0 Å². The van der Waals surface area contributed by atoms with Gasteiger partial charge in [0.2, 0.25) is 11.8 Å². The zero-order chi connectivity index (χ0) is 32.1. The van der Waals surface area contributed by atoms with E-state index in [-0.39, 0.29) is 35.0 Å². The average Bonchev–Trinajstić information content (AvgIpc) is 2.94. The molecule has 5 amide bonds. The van der Waals surface area contributed by atoms with Crippen molar-refractivity contribution in [2.45, 2.75) is 58.5 Å². The minimum atomic E-state index is -1.85. The third kappa shape index (κ3) is 10.3. The molecular weight excluding hydrogens is 558 g/mol. The van der Waals surface area contributed by atoms with Crippen LogP contribution in [-0.4, -0.2) is 64.5 Å². The van der Waals surface area contributed by atoms with E-state index >= 15 is 0 Å². The third-order valence-corrected chi connectivity index (χ3v) is 6.08. The van der Waals surface area contributed by atoms with Gasteiger partial charge in [-0.3, -0.25) is 19.3 Å². The van der Waals surface area contributed by atoms with Crippen molar-refractivity contribution in [3.05, 3.63) is 65.2 Å². The van der Waals surface area contributed by atoms with Gasteiger partial charge in [-0.1, -0.05) is 38.0 Å². The van der Waals surface area contributed by atoms with Gasteiger partial charge in [0.25, 0.3) is 0 Å². The first-order valence-electron chi connectivity index (χ1n) is 13.7. The van der Waals surface area contributed by atoms with Gasteiger partial charge in [-0.15, -0.1) is 0 Å². The highest BCUT2D eigenvalue weighted by Gasteiger charge is 2.30. The molecule has 0 aromatic heterocycles. The monoisotopic (exact) mass is 595 g/mol. The molecule has 0 aliphatic rings. The molecule has 7 N–H and O–H groups in total. The smallest absolute Gasteiger partial charge is 0.395 e. The van der Waals surface area contributed by atoms with Crippen molar-refractivity contribution in [1.29, 1.82) is 0 Å². The number of amides is 5. The van der Waals surface area contributed by atoms with Crippen molar-refractivity contribution in [3.8, 4) is 0 Å². The summed E-state index contributed by atoms with van der Waals surface area (Å²) in [5.41, 5.74) is 5.26. The number of urea groups is 1. The Bertz CT molecular complexity index is 1390. The summed E-state index contributed by atoms with van der Waals surface area (Å²) in [4.78, 5) is 74.5. The van der Waals surface area contributed by atoms with E-state index in [1.807, 2.05) is 6.92 Å². The molecule has 0 bridgehead atoms. The van der Waals surface area contributed by atoms with E-state index in [0.717, 1.165) is 25.3 Å². The molecule has 13 nitrogen and oxygen atoms in total. The number of carboxylic acid groups (broad SMARTS) is 2. The number of para-hydroxylation sites is 1. The summed E-state index contributed by atoms with van der Waals surface area (Å²) in [5, 5.41) is 27.4. The summed E-state index contributed by atoms with van der Waals surface area (Å²) in [6.07, 6.45) is 4.85. The molecule has 0 heterocycles. The van der Waals surface area contributed by atoms with Crippen LogP contribution in [0.5, 0.6) is 0 Å². The Kier molecular flexibility index (Phi) is 12.9. The molecule has 0 unspecified atom stereocenters. The van der Waals surface area contributed by atoms with E-state index in [9.17, 15) is 39.0 Å². The highest BCUT2D eigenvalue weighted by Crippen LogP contribution is 2.33. The fourth-order valence-electron chi connectivity index (χ4n) is 4.15. The van der Waals surface area contributed by atoms with Crippen LogP contribution in [0.3, 0.4) is 0 Å². The number of carbonyl (C=O) groups excluding carboxylic acids is 4. The Balaban J connectivity index is 2.62. The summed E-state index contributed by atoms with van der Waals surface area (Å²) in [6, 6.07) is 7.94. The van der Waals surface area contributed by atoms with E-state index in [1.54, 1.807) is 13.8 Å². The first-order chi connectivity index (χ1) is 20.3. The van der Waals surface area contributed by atoms with Gasteiger partial charge in [0.05, 0.1) is 16.9 Å². The van der Waals surface area contributed by atoms with Gasteiger partial charge < -0.3 is 31.9 Å². The lowest BCUT2D eigenvalue weighted by atomic mass is 9.99. The van der Waals surface area contributed by atoms with Crippen LogP contribution in [0, 0.1) is 0 Å². The van der Waals surface area contributed by atoms with E-state index in [4.69, 9.17) is 5.73 Å². The van der Waals surface area contributed by atoms with Crippen LogP contribution >= 0.6 is 0 Å². The summed E-state index contributed by atoms with van der Waals surface area (Å²) in [7, 11) is 0. The molecule has 0 saturated carbocycles. The van der Waals surface area contributed by atoms with Gasteiger partial charge in [0.1, 0.15) is 6.04 Å². The highest BCUT2D eigenvalue weighted by molar-refractivity contribution is 6.39. The average molecular weight is 596 g/mol. The lowest BCUT2D eigenvalue weighted by Gasteiger charge is -2.25.